The summed E-state index contributed by atoms with van der Waals surface area (Å²) in [5.41, 5.74) is 1.39. The van der Waals surface area contributed by atoms with Crippen LogP contribution in [0.2, 0.25) is 0 Å². The molecular formula is C13H12BrN3. The van der Waals surface area contributed by atoms with Crippen molar-refractivity contribution in [2.75, 3.05) is 0 Å². The maximum Gasteiger partial charge on any atom is 0.126 e. The second kappa shape index (κ2) is 4.34. The van der Waals surface area contributed by atoms with Crippen LogP contribution in [0.4, 0.5) is 0 Å². The highest BCUT2D eigenvalue weighted by Crippen LogP contribution is 2.24. The minimum Gasteiger partial charge on any atom is -0.341 e. The number of benzene rings is 1. The Balaban J connectivity index is 2.37. The van der Waals surface area contributed by atoms with Gasteiger partial charge < -0.3 is 4.98 Å². The molecule has 0 bridgehead atoms. The Bertz CT molecular complexity index is 561. The van der Waals surface area contributed by atoms with E-state index in [4.69, 9.17) is 5.26 Å². The third-order valence-electron chi connectivity index (χ3n) is 2.60. The standard InChI is InChI=1S/C13H12BrN3/c1-13(2,8-15)12-16-7-11(17-12)9-3-5-10(14)6-4-9/h3-7H,1-2H3,(H,16,17). The normalized spacial score (nSPS) is 11.2. The number of nitriles is 1. The molecular weight excluding hydrogens is 278 g/mol. The smallest absolute Gasteiger partial charge is 0.126 e. The van der Waals surface area contributed by atoms with Crippen LogP contribution in [0, 0.1) is 11.3 Å². The molecule has 2 rings (SSSR count). The van der Waals surface area contributed by atoms with Crippen molar-refractivity contribution in [1.29, 1.82) is 5.26 Å². The number of hydrogen-bond donors (Lipinski definition) is 1. The van der Waals surface area contributed by atoms with E-state index in [1.165, 1.54) is 0 Å². The quantitative estimate of drug-likeness (QED) is 0.918. The lowest BCUT2D eigenvalue weighted by Crippen LogP contribution is -2.15. The summed E-state index contributed by atoms with van der Waals surface area (Å²) in [5, 5.41) is 9.05. The van der Waals surface area contributed by atoms with Crippen molar-refractivity contribution in [3.8, 4) is 17.3 Å². The molecule has 86 valence electrons. The van der Waals surface area contributed by atoms with E-state index in [0.29, 0.717) is 5.82 Å². The van der Waals surface area contributed by atoms with Gasteiger partial charge in [-0.05, 0) is 31.5 Å². The van der Waals surface area contributed by atoms with Crippen LogP contribution in [-0.2, 0) is 5.41 Å². The Morgan fingerprint density at radius 3 is 2.53 bits per heavy atom. The van der Waals surface area contributed by atoms with Gasteiger partial charge in [0.15, 0.2) is 0 Å². The zero-order valence-electron chi connectivity index (χ0n) is 9.66. The zero-order chi connectivity index (χ0) is 12.5. The van der Waals surface area contributed by atoms with Gasteiger partial charge in [-0.3, -0.25) is 0 Å². The molecule has 0 saturated carbocycles. The summed E-state index contributed by atoms with van der Waals surface area (Å²) < 4.78 is 1.04. The van der Waals surface area contributed by atoms with Gasteiger partial charge in [-0.15, -0.1) is 0 Å². The monoisotopic (exact) mass is 289 g/mol. The van der Waals surface area contributed by atoms with E-state index in [1.807, 2.05) is 38.1 Å². The number of hydrogen-bond acceptors (Lipinski definition) is 2. The second-order valence-electron chi connectivity index (χ2n) is 4.39. The first-order chi connectivity index (χ1) is 8.03. The Hall–Kier alpha value is -1.60. The maximum atomic E-state index is 9.05. The fourth-order valence-corrected chi connectivity index (χ4v) is 1.73. The first-order valence-electron chi connectivity index (χ1n) is 5.25. The summed E-state index contributed by atoms with van der Waals surface area (Å²) in [6.45, 7) is 3.69. The second-order valence-corrected chi connectivity index (χ2v) is 5.30. The molecule has 1 heterocycles. The summed E-state index contributed by atoms with van der Waals surface area (Å²) in [7, 11) is 0. The summed E-state index contributed by atoms with van der Waals surface area (Å²) in [4.78, 5) is 7.46. The molecule has 3 nitrogen and oxygen atoms in total. The number of nitrogens with zero attached hydrogens (tertiary/aromatic N) is 2. The number of H-pyrrole nitrogens is 1. The fourth-order valence-electron chi connectivity index (χ4n) is 1.47. The van der Waals surface area contributed by atoms with Crippen molar-refractivity contribution < 1.29 is 0 Å². The van der Waals surface area contributed by atoms with Crippen LogP contribution in [-0.4, -0.2) is 9.97 Å². The lowest BCUT2D eigenvalue weighted by atomic mass is 9.95. The predicted molar refractivity (Wildman–Crippen MR) is 70.4 cm³/mol. The molecule has 1 aromatic carbocycles. The summed E-state index contributed by atoms with van der Waals surface area (Å²) >= 11 is 3.40. The third-order valence-corrected chi connectivity index (χ3v) is 3.13. The van der Waals surface area contributed by atoms with E-state index in [0.717, 1.165) is 15.7 Å². The van der Waals surface area contributed by atoms with E-state index in [1.54, 1.807) is 6.20 Å². The number of aromatic nitrogens is 2. The van der Waals surface area contributed by atoms with E-state index in [9.17, 15) is 0 Å². The SMILES string of the molecule is CC(C)(C#N)c1ncc(-c2ccc(Br)cc2)[nH]1. The first kappa shape index (κ1) is 11.9. The van der Waals surface area contributed by atoms with Gasteiger partial charge in [0.25, 0.3) is 0 Å². The van der Waals surface area contributed by atoms with E-state index in [2.05, 4.69) is 32.0 Å². The van der Waals surface area contributed by atoms with Crippen LogP contribution in [0.1, 0.15) is 19.7 Å². The number of imidazole rings is 1. The number of rotatable bonds is 2. The highest BCUT2D eigenvalue weighted by molar-refractivity contribution is 9.10. The molecule has 0 aliphatic heterocycles. The summed E-state index contributed by atoms with van der Waals surface area (Å²) in [6, 6.07) is 10.2. The van der Waals surface area contributed by atoms with Crippen LogP contribution in [0.15, 0.2) is 34.9 Å². The molecule has 4 heteroatoms. The summed E-state index contributed by atoms with van der Waals surface area (Å²) in [6.07, 6.45) is 1.76. The molecule has 0 amide bonds. The van der Waals surface area contributed by atoms with Gasteiger partial charge in [-0.1, -0.05) is 28.1 Å². The average Bonchev–Trinajstić information content (AvgIpc) is 2.80. The van der Waals surface area contributed by atoms with Gasteiger partial charge >= 0.3 is 0 Å². The Morgan fingerprint density at radius 2 is 1.94 bits per heavy atom. The molecule has 2 aromatic rings. The van der Waals surface area contributed by atoms with Gasteiger partial charge in [-0.25, -0.2) is 4.98 Å². The average molecular weight is 290 g/mol. The predicted octanol–water partition coefficient (Wildman–Crippen LogP) is 3.64. The van der Waals surface area contributed by atoms with Crippen molar-refractivity contribution in [1.82, 2.24) is 9.97 Å². The Labute approximate surface area is 109 Å². The third kappa shape index (κ3) is 2.40. The molecule has 1 N–H and O–H groups in total. The largest absolute Gasteiger partial charge is 0.341 e. The minimum absolute atomic E-state index is 0.590. The molecule has 0 fully saturated rings. The van der Waals surface area contributed by atoms with E-state index in [-0.39, 0.29) is 0 Å². The van der Waals surface area contributed by atoms with E-state index >= 15 is 0 Å². The maximum absolute atomic E-state index is 9.05. The molecule has 0 saturated heterocycles. The van der Waals surface area contributed by atoms with Gasteiger partial charge in [0.2, 0.25) is 0 Å². The number of halogens is 1. The van der Waals surface area contributed by atoms with Gasteiger partial charge in [0.1, 0.15) is 11.2 Å². The van der Waals surface area contributed by atoms with Crippen molar-refractivity contribution in [3.05, 3.63) is 40.8 Å². The number of nitrogens with one attached hydrogen (secondary N) is 1. The highest BCUT2D eigenvalue weighted by atomic mass is 79.9. The summed E-state index contributed by atoms with van der Waals surface area (Å²) in [5.74, 6) is 0.693. The molecule has 0 aliphatic rings. The van der Waals surface area contributed by atoms with Crippen molar-refractivity contribution in [2.45, 2.75) is 19.3 Å². The molecule has 17 heavy (non-hydrogen) atoms. The van der Waals surface area contributed by atoms with Crippen molar-refractivity contribution >= 4 is 15.9 Å². The van der Waals surface area contributed by atoms with Gasteiger partial charge in [-0.2, -0.15) is 5.26 Å². The van der Waals surface area contributed by atoms with Crippen molar-refractivity contribution in [3.63, 3.8) is 0 Å². The van der Waals surface area contributed by atoms with E-state index < -0.39 is 5.41 Å². The molecule has 0 unspecified atom stereocenters. The van der Waals surface area contributed by atoms with Crippen LogP contribution in [0.5, 0.6) is 0 Å². The topological polar surface area (TPSA) is 52.5 Å². The van der Waals surface area contributed by atoms with Crippen LogP contribution in [0.3, 0.4) is 0 Å². The molecule has 1 aromatic heterocycles. The first-order valence-corrected chi connectivity index (χ1v) is 6.05. The van der Waals surface area contributed by atoms with Crippen LogP contribution in [0.25, 0.3) is 11.3 Å². The Kier molecular flexibility index (Phi) is 3.03. The Morgan fingerprint density at radius 1 is 1.29 bits per heavy atom. The van der Waals surface area contributed by atoms with Gasteiger partial charge in [0.05, 0.1) is 18.0 Å². The van der Waals surface area contributed by atoms with Gasteiger partial charge in [0, 0.05) is 4.47 Å². The molecule has 0 atom stereocenters. The number of aromatic amines is 1. The highest BCUT2D eigenvalue weighted by Gasteiger charge is 2.23. The molecule has 0 radical (unpaired) electrons. The molecule has 0 aliphatic carbocycles. The zero-order valence-corrected chi connectivity index (χ0v) is 11.2. The fraction of sp³-hybridized carbons (Fsp3) is 0.231. The lowest BCUT2D eigenvalue weighted by Gasteiger charge is -2.10. The lowest BCUT2D eigenvalue weighted by molar-refractivity contribution is 0.640. The van der Waals surface area contributed by atoms with Crippen molar-refractivity contribution in [2.24, 2.45) is 0 Å². The molecule has 0 spiro atoms. The van der Waals surface area contributed by atoms with Crippen LogP contribution < -0.4 is 0 Å². The van der Waals surface area contributed by atoms with Crippen LogP contribution >= 0.6 is 15.9 Å². The minimum atomic E-state index is -0.590.